The van der Waals surface area contributed by atoms with E-state index in [9.17, 15) is 18.0 Å². The number of hydrogen-bond donors (Lipinski definition) is 3. The van der Waals surface area contributed by atoms with Gasteiger partial charge >= 0.3 is 0 Å². The maximum atomic E-state index is 13.0. The highest BCUT2D eigenvalue weighted by Crippen LogP contribution is 2.28. The molecule has 0 radical (unpaired) electrons. The number of benzene rings is 1. The quantitative estimate of drug-likeness (QED) is 0.298. The Balaban J connectivity index is 1.42. The summed E-state index contributed by atoms with van der Waals surface area (Å²) in [4.78, 5) is 33.8. The highest BCUT2D eigenvalue weighted by atomic mass is 32.2. The third-order valence-corrected chi connectivity index (χ3v) is 8.90. The highest BCUT2D eigenvalue weighted by molar-refractivity contribution is 7.90. The summed E-state index contributed by atoms with van der Waals surface area (Å²) in [7, 11) is -4.06. The fourth-order valence-electron chi connectivity index (χ4n) is 5.37. The van der Waals surface area contributed by atoms with Gasteiger partial charge in [-0.1, -0.05) is 47.6 Å². The second kappa shape index (κ2) is 12.6. The number of carbonyl (C=O) groups excluding carboxylic acids is 2. The number of fused-ring (bicyclic) bond motifs is 1. The smallest absolute Gasteiger partial charge is 0.264 e. The summed E-state index contributed by atoms with van der Waals surface area (Å²) in [5.41, 5.74) is 1.31. The molecule has 0 aliphatic heterocycles. The lowest BCUT2D eigenvalue weighted by molar-refractivity contribution is -0.124. The molecule has 0 atom stereocenters. The Bertz CT molecular complexity index is 1580. The number of nitrogens with zero attached hydrogens (tertiary/aromatic N) is 4. The summed E-state index contributed by atoms with van der Waals surface area (Å²) < 4.78 is 30.1. The van der Waals surface area contributed by atoms with Crippen LogP contribution < -0.4 is 15.4 Å². The average molecular weight is 612 g/mol. The Morgan fingerprint density at radius 1 is 0.953 bits per heavy atom. The molecule has 1 saturated carbocycles. The SMILES string of the molecule is Cc1ccc(Nc2ncc3cnn(C[C@H]4CC[C@H](NC(=O)CC(C)(C)C)CC4)c3n2)cc1S(=O)(=O)NC(=O)CC(C)(C)C. The van der Waals surface area contributed by atoms with Gasteiger partial charge in [-0.25, -0.2) is 22.8 Å². The topological polar surface area (TPSA) is 148 Å². The first-order valence-electron chi connectivity index (χ1n) is 14.9. The minimum atomic E-state index is -4.06. The molecule has 0 saturated heterocycles. The molecule has 0 unspecified atom stereocenters. The normalized spacial score (nSPS) is 17.9. The molecule has 3 aromatic rings. The zero-order chi connectivity index (χ0) is 31.6. The molecule has 11 nitrogen and oxygen atoms in total. The second-order valence-corrected chi connectivity index (χ2v) is 15.8. The van der Waals surface area contributed by atoms with Crippen molar-refractivity contribution in [2.45, 2.75) is 104 Å². The van der Waals surface area contributed by atoms with Gasteiger partial charge in [-0.2, -0.15) is 10.1 Å². The van der Waals surface area contributed by atoms with Gasteiger partial charge in [-0.15, -0.1) is 0 Å². The molecule has 0 spiro atoms. The van der Waals surface area contributed by atoms with Gasteiger partial charge < -0.3 is 10.6 Å². The molecule has 43 heavy (non-hydrogen) atoms. The molecule has 12 heteroatoms. The molecule has 1 aliphatic carbocycles. The Labute approximate surface area is 254 Å². The molecule has 2 aromatic heterocycles. The summed E-state index contributed by atoms with van der Waals surface area (Å²) in [6.45, 7) is 14.2. The summed E-state index contributed by atoms with van der Waals surface area (Å²) in [6, 6.07) is 5.12. The largest absolute Gasteiger partial charge is 0.353 e. The Morgan fingerprint density at radius 3 is 2.26 bits per heavy atom. The molecule has 1 fully saturated rings. The van der Waals surface area contributed by atoms with Gasteiger partial charge in [0.15, 0.2) is 5.65 Å². The third kappa shape index (κ3) is 9.22. The van der Waals surface area contributed by atoms with Crippen LogP contribution >= 0.6 is 0 Å². The van der Waals surface area contributed by atoms with Crippen molar-refractivity contribution in [2.24, 2.45) is 16.7 Å². The van der Waals surface area contributed by atoms with Crippen LogP contribution in [0.3, 0.4) is 0 Å². The van der Waals surface area contributed by atoms with Crippen LogP contribution in [0.4, 0.5) is 11.6 Å². The van der Waals surface area contributed by atoms with E-state index in [0.717, 1.165) is 31.1 Å². The van der Waals surface area contributed by atoms with Gasteiger partial charge in [0.25, 0.3) is 10.0 Å². The predicted octanol–water partition coefficient (Wildman–Crippen LogP) is 5.23. The lowest BCUT2D eigenvalue weighted by Crippen LogP contribution is -2.39. The van der Waals surface area contributed by atoms with E-state index in [-0.39, 0.29) is 34.1 Å². The molecular formula is C31H45N7O4S. The Kier molecular flexibility index (Phi) is 9.48. The first kappa shape index (κ1) is 32.4. The van der Waals surface area contributed by atoms with Crippen LogP contribution in [0.15, 0.2) is 35.5 Å². The Hall–Kier alpha value is -3.54. The molecule has 2 amide bonds. The molecule has 0 bridgehead atoms. The van der Waals surface area contributed by atoms with Crippen molar-refractivity contribution in [3.05, 3.63) is 36.2 Å². The number of aryl methyl sites for hydroxylation is 1. The van der Waals surface area contributed by atoms with E-state index in [1.807, 2.05) is 25.5 Å². The van der Waals surface area contributed by atoms with Crippen LogP contribution in [0.25, 0.3) is 11.0 Å². The standard InChI is InChI=1S/C31H45N7O4S/c1-20-8-11-24(14-25(20)43(41,42)37-27(40)16-31(5,6)7)35-29-32-17-22-18-33-38(28(22)36-29)19-21-9-12-23(13-10-21)34-26(39)15-30(2,3)4/h8,11,14,17-18,21,23H,9-10,12-13,15-16,19H2,1-7H3,(H,34,39)(H,37,40)(H,32,35,36)/t21-,23-. The van der Waals surface area contributed by atoms with E-state index in [0.29, 0.717) is 41.7 Å². The predicted molar refractivity (Wildman–Crippen MR) is 167 cm³/mol. The van der Waals surface area contributed by atoms with Crippen molar-refractivity contribution in [1.29, 1.82) is 0 Å². The van der Waals surface area contributed by atoms with E-state index in [4.69, 9.17) is 0 Å². The van der Waals surface area contributed by atoms with Crippen LogP contribution in [-0.2, 0) is 26.2 Å². The zero-order valence-electron chi connectivity index (χ0n) is 26.3. The Morgan fingerprint density at radius 2 is 1.60 bits per heavy atom. The maximum Gasteiger partial charge on any atom is 0.264 e. The van der Waals surface area contributed by atoms with Crippen molar-refractivity contribution in [1.82, 2.24) is 29.8 Å². The first-order valence-corrected chi connectivity index (χ1v) is 16.4. The molecule has 2 heterocycles. The number of rotatable bonds is 9. The number of carbonyl (C=O) groups is 2. The minimum Gasteiger partial charge on any atom is -0.353 e. The van der Waals surface area contributed by atoms with Crippen LogP contribution in [0.2, 0.25) is 0 Å². The zero-order valence-corrected chi connectivity index (χ0v) is 27.1. The van der Waals surface area contributed by atoms with E-state index < -0.39 is 15.9 Å². The number of amides is 2. The fraction of sp³-hybridized carbons (Fsp3) is 0.581. The molecule has 1 aromatic carbocycles. The van der Waals surface area contributed by atoms with E-state index >= 15 is 0 Å². The van der Waals surface area contributed by atoms with Gasteiger partial charge in [-0.05, 0) is 67.1 Å². The van der Waals surface area contributed by atoms with Gasteiger partial charge in [0, 0.05) is 37.3 Å². The summed E-state index contributed by atoms with van der Waals surface area (Å²) in [5, 5.41) is 11.7. The summed E-state index contributed by atoms with van der Waals surface area (Å²) >= 11 is 0. The van der Waals surface area contributed by atoms with Crippen molar-refractivity contribution in [3.8, 4) is 0 Å². The lowest BCUT2D eigenvalue weighted by atomic mass is 9.85. The van der Waals surface area contributed by atoms with Crippen LogP contribution in [0, 0.1) is 23.7 Å². The third-order valence-electron chi connectivity index (χ3n) is 7.38. The van der Waals surface area contributed by atoms with Crippen LogP contribution in [-0.4, -0.2) is 46.0 Å². The van der Waals surface area contributed by atoms with Crippen LogP contribution in [0.1, 0.15) is 85.6 Å². The van der Waals surface area contributed by atoms with Crippen LogP contribution in [0.5, 0.6) is 0 Å². The molecule has 3 N–H and O–H groups in total. The fourth-order valence-corrected chi connectivity index (χ4v) is 6.63. The number of aromatic nitrogens is 4. The number of hydrogen-bond acceptors (Lipinski definition) is 8. The van der Waals surface area contributed by atoms with Crippen molar-refractivity contribution in [3.63, 3.8) is 0 Å². The first-order chi connectivity index (χ1) is 20.0. The molecular weight excluding hydrogens is 566 g/mol. The maximum absolute atomic E-state index is 13.0. The van der Waals surface area contributed by atoms with Gasteiger partial charge in [0.1, 0.15) is 0 Å². The second-order valence-electron chi connectivity index (χ2n) is 14.2. The number of nitrogens with one attached hydrogen (secondary N) is 3. The highest BCUT2D eigenvalue weighted by Gasteiger charge is 2.26. The monoisotopic (exact) mass is 611 g/mol. The van der Waals surface area contributed by atoms with Gasteiger partial charge in [0.2, 0.25) is 17.8 Å². The summed E-state index contributed by atoms with van der Waals surface area (Å²) in [5.74, 6) is 0.299. The molecule has 234 valence electrons. The van der Waals surface area contributed by atoms with E-state index in [2.05, 4.69) is 51.2 Å². The van der Waals surface area contributed by atoms with E-state index in [1.54, 1.807) is 31.5 Å². The molecule has 1 aliphatic rings. The number of anilines is 2. The molecule has 4 rings (SSSR count). The van der Waals surface area contributed by atoms with Gasteiger partial charge in [0.05, 0.1) is 16.5 Å². The summed E-state index contributed by atoms with van der Waals surface area (Å²) in [6.07, 6.45) is 7.91. The van der Waals surface area contributed by atoms with Gasteiger partial charge in [-0.3, -0.25) is 9.59 Å². The van der Waals surface area contributed by atoms with Crippen molar-refractivity contribution >= 4 is 44.5 Å². The van der Waals surface area contributed by atoms with Crippen molar-refractivity contribution in [2.75, 3.05) is 5.32 Å². The van der Waals surface area contributed by atoms with Crippen molar-refractivity contribution < 1.29 is 18.0 Å². The minimum absolute atomic E-state index is 0.0103. The number of sulfonamides is 1. The lowest BCUT2D eigenvalue weighted by Gasteiger charge is -2.30. The van der Waals surface area contributed by atoms with E-state index in [1.165, 1.54) is 6.07 Å². The average Bonchev–Trinajstić information content (AvgIpc) is 3.25.